The summed E-state index contributed by atoms with van der Waals surface area (Å²) in [5, 5.41) is 10.1. The molecule has 1 heterocycles. The Hall–Kier alpha value is -0.930. The molecule has 0 unspecified atom stereocenters. The van der Waals surface area contributed by atoms with E-state index < -0.39 is 0 Å². The van der Waals surface area contributed by atoms with Crippen LogP contribution in [0.3, 0.4) is 0 Å². The van der Waals surface area contributed by atoms with Crippen LogP contribution < -0.4 is 10.0 Å². The minimum atomic E-state index is 0.497. The van der Waals surface area contributed by atoms with Gasteiger partial charge in [0.2, 0.25) is 5.69 Å². The molecule has 0 spiro atoms. The summed E-state index contributed by atoms with van der Waals surface area (Å²) in [6.45, 7) is 0.497. The van der Waals surface area contributed by atoms with Crippen LogP contribution in [0.15, 0.2) is 24.4 Å². The highest BCUT2D eigenvalue weighted by Gasteiger charge is 2.01. The number of nitrogens with two attached hydrogens (primary N) is 1. The number of pyridine rings is 1. The van der Waals surface area contributed by atoms with Gasteiger partial charge in [0, 0.05) is 12.1 Å². The molecular weight excluding hydrogens is 128 g/mol. The van der Waals surface area contributed by atoms with Gasteiger partial charge in [0.25, 0.3) is 0 Å². The van der Waals surface area contributed by atoms with Crippen molar-refractivity contribution in [2.75, 3.05) is 0 Å². The number of hydrogen-bond acceptors (Lipinski definition) is 1. The standard InChI is InChI=1S/C7H11N2O/c1-9-5-3-2-4-7(9)6-8-10/h2-5H,6,8H2,1H3/q+1. The lowest BCUT2D eigenvalue weighted by atomic mass is 10.3. The van der Waals surface area contributed by atoms with E-state index >= 15 is 0 Å². The third-order valence-electron chi connectivity index (χ3n) is 1.45. The van der Waals surface area contributed by atoms with E-state index in [1.54, 1.807) is 0 Å². The van der Waals surface area contributed by atoms with Crippen LogP contribution in [0.5, 0.6) is 0 Å². The van der Waals surface area contributed by atoms with Gasteiger partial charge in [-0.05, 0) is 6.07 Å². The van der Waals surface area contributed by atoms with Crippen LogP contribution >= 0.6 is 0 Å². The van der Waals surface area contributed by atoms with E-state index in [1.165, 1.54) is 0 Å². The summed E-state index contributed by atoms with van der Waals surface area (Å²) in [7, 11) is 1.93. The van der Waals surface area contributed by atoms with Crippen LogP contribution in [0.4, 0.5) is 0 Å². The number of hydroxylamine groups is 1. The molecule has 3 nitrogen and oxygen atoms in total. The molecule has 1 aromatic rings. The first kappa shape index (κ1) is 7.18. The molecule has 0 atom stereocenters. The summed E-state index contributed by atoms with van der Waals surface area (Å²) in [5.41, 5.74) is 1.95. The molecule has 1 rings (SSSR count). The zero-order chi connectivity index (χ0) is 7.40. The third kappa shape index (κ3) is 1.52. The van der Waals surface area contributed by atoms with E-state index in [9.17, 15) is 5.21 Å². The predicted molar refractivity (Wildman–Crippen MR) is 36.6 cm³/mol. The molecule has 0 aliphatic carbocycles. The Bertz CT molecular complexity index is 213. The number of aromatic nitrogens is 1. The van der Waals surface area contributed by atoms with Crippen LogP contribution in [-0.2, 0) is 13.6 Å². The number of quaternary nitrogens is 1. The fourth-order valence-electron chi connectivity index (χ4n) is 0.856. The topological polar surface area (TPSA) is 43.5 Å². The summed E-state index contributed by atoms with van der Waals surface area (Å²) < 4.78 is 1.94. The van der Waals surface area contributed by atoms with Gasteiger partial charge in [0.15, 0.2) is 12.7 Å². The first-order chi connectivity index (χ1) is 4.84. The molecule has 0 saturated heterocycles. The van der Waals surface area contributed by atoms with E-state index in [-0.39, 0.29) is 0 Å². The molecule has 0 amide bonds. The van der Waals surface area contributed by atoms with Crippen molar-refractivity contribution in [1.29, 1.82) is 0 Å². The Morgan fingerprint density at radius 2 is 2.40 bits per heavy atom. The second kappa shape index (κ2) is 3.29. The van der Waals surface area contributed by atoms with Crippen LogP contribution in [-0.4, -0.2) is 0 Å². The first-order valence-corrected chi connectivity index (χ1v) is 3.22. The van der Waals surface area contributed by atoms with Gasteiger partial charge in [-0.15, -0.1) is 0 Å². The highest BCUT2D eigenvalue weighted by atomic mass is 16.5. The minimum absolute atomic E-state index is 0.497. The van der Waals surface area contributed by atoms with Crippen LogP contribution in [0.2, 0.25) is 0 Å². The van der Waals surface area contributed by atoms with Gasteiger partial charge >= 0.3 is 0 Å². The number of rotatable bonds is 2. The lowest BCUT2D eigenvalue weighted by molar-refractivity contribution is -0.708. The molecule has 2 N–H and O–H groups in total. The molecule has 0 bridgehead atoms. The molecule has 0 aliphatic heterocycles. The maximum Gasteiger partial charge on any atom is 0.236 e. The zero-order valence-corrected chi connectivity index (χ0v) is 5.95. The second-order valence-electron chi connectivity index (χ2n) is 2.17. The van der Waals surface area contributed by atoms with Crippen LogP contribution in [0.1, 0.15) is 5.69 Å². The average molecular weight is 139 g/mol. The summed E-state index contributed by atoms with van der Waals surface area (Å²) in [6.07, 6.45) is 1.93. The van der Waals surface area contributed by atoms with Crippen molar-refractivity contribution >= 4 is 0 Å². The fraction of sp³-hybridized carbons (Fsp3) is 0.286. The van der Waals surface area contributed by atoms with Gasteiger partial charge < -0.3 is 10.7 Å². The first-order valence-electron chi connectivity index (χ1n) is 3.22. The summed E-state index contributed by atoms with van der Waals surface area (Å²) in [5.74, 6) is 0. The third-order valence-corrected chi connectivity index (χ3v) is 1.45. The summed E-state index contributed by atoms with van der Waals surface area (Å²) in [4.78, 5) is 0. The molecule has 54 valence electrons. The van der Waals surface area contributed by atoms with Gasteiger partial charge in [0.05, 0.1) is 0 Å². The smallest absolute Gasteiger partial charge is 0.236 e. The molecular formula is C7H11N2O+. The zero-order valence-electron chi connectivity index (χ0n) is 5.95. The van der Waals surface area contributed by atoms with Crippen LogP contribution in [0, 0.1) is 5.21 Å². The van der Waals surface area contributed by atoms with E-state index in [1.807, 2.05) is 36.0 Å². The number of nitrogens with zero attached hydrogens (tertiary/aromatic N) is 1. The molecule has 1 aromatic heterocycles. The molecule has 10 heavy (non-hydrogen) atoms. The van der Waals surface area contributed by atoms with Crippen molar-refractivity contribution < 1.29 is 10.0 Å². The van der Waals surface area contributed by atoms with Gasteiger partial charge in [-0.2, -0.15) is 0 Å². The fourth-order valence-corrected chi connectivity index (χ4v) is 0.856. The molecule has 0 fully saturated rings. The molecule has 0 saturated carbocycles. The van der Waals surface area contributed by atoms with Gasteiger partial charge in [-0.1, -0.05) is 0 Å². The highest BCUT2D eigenvalue weighted by molar-refractivity contribution is 4.94. The van der Waals surface area contributed by atoms with E-state index in [2.05, 4.69) is 0 Å². The molecule has 3 heteroatoms. The maximum absolute atomic E-state index is 10.1. The van der Waals surface area contributed by atoms with Crippen molar-refractivity contribution in [2.24, 2.45) is 7.05 Å². The number of aryl methyl sites for hydroxylation is 1. The Balaban J connectivity index is 2.81. The van der Waals surface area contributed by atoms with Crippen molar-refractivity contribution in [3.63, 3.8) is 0 Å². The SMILES string of the molecule is C[n+]1ccccc1C[NH2+][O-]. The monoisotopic (exact) mass is 139 g/mol. The lowest BCUT2D eigenvalue weighted by Crippen LogP contribution is -2.76. The summed E-state index contributed by atoms with van der Waals surface area (Å²) >= 11 is 0. The van der Waals surface area contributed by atoms with Crippen LogP contribution in [0.25, 0.3) is 0 Å². The average Bonchev–Trinajstić information content (AvgIpc) is 1.94. The Labute approximate surface area is 59.9 Å². The highest BCUT2D eigenvalue weighted by Crippen LogP contribution is 1.85. The number of hydrogen-bond donors (Lipinski definition) is 1. The summed E-state index contributed by atoms with van der Waals surface area (Å²) in [6, 6.07) is 5.81. The second-order valence-corrected chi connectivity index (χ2v) is 2.17. The Kier molecular flexibility index (Phi) is 2.36. The maximum atomic E-state index is 10.1. The van der Waals surface area contributed by atoms with E-state index in [4.69, 9.17) is 0 Å². The van der Waals surface area contributed by atoms with Crippen molar-refractivity contribution in [2.45, 2.75) is 6.54 Å². The van der Waals surface area contributed by atoms with Gasteiger partial charge in [-0.3, -0.25) is 0 Å². The molecule has 0 aromatic carbocycles. The normalized spacial score (nSPS) is 9.80. The van der Waals surface area contributed by atoms with Gasteiger partial charge in [0.1, 0.15) is 7.05 Å². The Morgan fingerprint density at radius 3 is 3.00 bits per heavy atom. The quantitative estimate of drug-likeness (QED) is 0.417. The van der Waals surface area contributed by atoms with Gasteiger partial charge in [-0.25, -0.2) is 4.57 Å². The Morgan fingerprint density at radius 1 is 1.60 bits per heavy atom. The minimum Gasteiger partial charge on any atom is -0.635 e. The molecule has 0 radical (unpaired) electrons. The van der Waals surface area contributed by atoms with Crippen molar-refractivity contribution in [1.82, 2.24) is 0 Å². The van der Waals surface area contributed by atoms with E-state index in [0.29, 0.717) is 6.54 Å². The van der Waals surface area contributed by atoms with Crippen molar-refractivity contribution in [3.05, 3.63) is 35.3 Å². The predicted octanol–water partition coefficient (Wildman–Crippen LogP) is -0.928. The van der Waals surface area contributed by atoms with E-state index in [0.717, 1.165) is 11.2 Å². The largest absolute Gasteiger partial charge is 0.635 e. The lowest BCUT2D eigenvalue weighted by Gasteiger charge is -1.99. The molecule has 0 aliphatic rings. The van der Waals surface area contributed by atoms with Crippen molar-refractivity contribution in [3.8, 4) is 0 Å².